The van der Waals surface area contributed by atoms with Crippen LogP contribution in [-0.4, -0.2) is 6.47 Å². The molecule has 0 aliphatic heterocycles. The van der Waals surface area contributed by atoms with Crippen molar-refractivity contribution < 1.29 is 18.3 Å². The second kappa shape index (κ2) is 3.80. The van der Waals surface area contributed by atoms with Crippen molar-refractivity contribution in [1.29, 1.82) is 0 Å². The Kier molecular flexibility index (Phi) is 2.74. The Morgan fingerprint density at radius 3 is 2.33 bits per heavy atom. The number of hydrogen-bond acceptors (Lipinski definition) is 2. The number of benzene rings is 1. The molecule has 1 radical (unpaired) electrons. The van der Waals surface area contributed by atoms with Gasteiger partial charge in [0.1, 0.15) is 18.2 Å². The summed E-state index contributed by atoms with van der Waals surface area (Å²) in [5.41, 5.74) is 0.260. The van der Waals surface area contributed by atoms with E-state index in [1.165, 1.54) is 0 Å². The molecule has 0 bridgehead atoms. The van der Waals surface area contributed by atoms with Gasteiger partial charge in [0.2, 0.25) is 0 Å². The first kappa shape index (κ1) is 8.64. The van der Waals surface area contributed by atoms with Crippen LogP contribution in [0.2, 0.25) is 0 Å². The molecule has 0 fully saturated rings. The highest BCUT2D eigenvalue weighted by atomic mass is 19.1. The summed E-state index contributed by atoms with van der Waals surface area (Å²) in [5.74, 6) is -1.39. The van der Waals surface area contributed by atoms with E-state index < -0.39 is 11.6 Å². The standard InChI is InChI=1S/C8H5F2O2/c9-7-1-6(4-12-5-11)2-8(10)3-7/h1-3H,4H2. The van der Waals surface area contributed by atoms with Crippen LogP contribution in [0, 0.1) is 11.6 Å². The summed E-state index contributed by atoms with van der Waals surface area (Å²) >= 11 is 0. The Morgan fingerprint density at radius 1 is 1.25 bits per heavy atom. The van der Waals surface area contributed by atoms with Crippen LogP contribution in [0.5, 0.6) is 0 Å². The van der Waals surface area contributed by atoms with E-state index >= 15 is 0 Å². The van der Waals surface area contributed by atoms with Gasteiger partial charge in [-0.1, -0.05) is 0 Å². The van der Waals surface area contributed by atoms with Crippen LogP contribution >= 0.6 is 0 Å². The normalized spacial score (nSPS) is 9.50. The number of halogens is 2. The van der Waals surface area contributed by atoms with Crippen LogP contribution in [0.1, 0.15) is 5.56 Å². The fourth-order valence-corrected chi connectivity index (χ4v) is 0.807. The number of ether oxygens (including phenoxy) is 1. The zero-order chi connectivity index (χ0) is 8.97. The second-order valence-electron chi connectivity index (χ2n) is 2.15. The Balaban J connectivity index is 2.78. The maximum atomic E-state index is 12.5. The van der Waals surface area contributed by atoms with Gasteiger partial charge in [-0.2, -0.15) is 0 Å². The van der Waals surface area contributed by atoms with Gasteiger partial charge in [-0.05, 0) is 17.7 Å². The molecule has 63 valence electrons. The van der Waals surface area contributed by atoms with Gasteiger partial charge < -0.3 is 4.74 Å². The third kappa shape index (κ3) is 2.30. The Bertz CT molecular complexity index is 266. The van der Waals surface area contributed by atoms with Gasteiger partial charge in [0.15, 0.2) is 0 Å². The molecular formula is C8H5F2O2. The van der Waals surface area contributed by atoms with Crippen LogP contribution in [0.4, 0.5) is 8.78 Å². The van der Waals surface area contributed by atoms with Gasteiger partial charge in [0.25, 0.3) is 0 Å². The molecule has 0 aromatic heterocycles. The van der Waals surface area contributed by atoms with Crippen molar-refractivity contribution in [2.75, 3.05) is 0 Å². The van der Waals surface area contributed by atoms with Crippen molar-refractivity contribution in [2.24, 2.45) is 0 Å². The van der Waals surface area contributed by atoms with Gasteiger partial charge in [-0.3, -0.25) is 0 Å². The molecule has 0 atom stereocenters. The van der Waals surface area contributed by atoms with Gasteiger partial charge in [-0.25, -0.2) is 13.6 Å². The van der Waals surface area contributed by atoms with E-state index in [9.17, 15) is 13.6 Å². The van der Waals surface area contributed by atoms with Crippen LogP contribution in [0.3, 0.4) is 0 Å². The van der Waals surface area contributed by atoms with Crippen molar-refractivity contribution in [2.45, 2.75) is 6.61 Å². The van der Waals surface area contributed by atoms with E-state index in [0.717, 1.165) is 24.7 Å². The predicted octanol–water partition coefficient (Wildman–Crippen LogP) is 1.55. The number of carbonyl (C=O) groups excluding carboxylic acids is 1. The SMILES string of the molecule is O=[C]OCc1cc(F)cc(F)c1. The van der Waals surface area contributed by atoms with Gasteiger partial charge in [0, 0.05) is 6.07 Å². The zero-order valence-electron chi connectivity index (χ0n) is 6.01. The summed E-state index contributed by atoms with van der Waals surface area (Å²) in [6.45, 7) is 0.992. The van der Waals surface area contributed by atoms with E-state index in [-0.39, 0.29) is 12.2 Å². The maximum absolute atomic E-state index is 12.5. The molecule has 4 heteroatoms. The maximum Gasteiger partial charge on any atom is 0.417 e. The topological polar surface area (TPSA) is 26.3 Å². The minimum atomic E-state index is -0.695. The molecule has 0 unspecified atom stereocenters. The Morgan fingerprint density at radius 2 is 1.83 bits per heavy atom. The lowest BCUT2D eigenvalue weighted by atomic mass is 10.2. The molecule has 1 aromatic rings. The van der Waals surface area contributed by atoms with Crippen molar-refractivity contribution in [1.82, 2.24) is 0 Å². The third-order valence-electron chi connectivity index (χ3n) is 1.22. The van der Waals surface area contributed by atoms with Crippen molar-refractivity contribution in [3.05, 3.63) is 35.4 Å². The number of hydrogen-bond donors (Lipinski definition) is 0. The fourth-order valence-electron chi connectivity index (χ4n) is 0.807. The first-order valence-corrected chi connectivity index (χ1v) is 3.16. The Hall–Kier alpha value is -1.45. The minimum Gasteiger partial charge on any atom is -0.452 e. The molecule has 0 heterocycles. The van der Waals surface area contributed by atoms with E-state index in [2.05, 4.69) is 4.74 Å². The highest BCUT2D eigenvalue weighted by molar-refractivity contribution is 5.38. The highest BCUT2D eigenvalue weighted by Gasteiger charge is 2.00. The minimum absolute atomic E-state index is 0.168. The monoisotopic (exact) mass is 171 g/mol. The molecule has 0 aliphatic rings. The first-order valence-electron chi connectivity index (χ1n) is 3.16. The van der Waals surface area contributed by atoms with E-state index in [4.69, 9.17) is 0 Å². The quantitative estimate of drug-likeness (QED) is 0.689. The van der Waals surface area contributed by atoms with Crippen molar-refractivity contribution >= 4 is 6.47 Å². The average Bonchev–Trinajstić information content (AvgIpc) is 1.99. The third-order valence-corrected chi connectivity index (χ3v) is 1.22. The summed E-state index contributed by atoms with van der Waals surface area (Å²) in [6, 6.07) is 2.91. The van der Waals surface area contributed by atoms with Gasteiger partial charge in [-0.15, -0.1) is 0 Å². The molecule has 0 aliphatic carbocycles. The molecular weight excluding hydrogens is 166 g/mol. The van der Waals surface area contributed by atoms with Crippen LogP contribution < -0.4 is 0 Å². The van der Waals surface area contributed by atoms with E-state index in [1.807, 2.05) is 0 Å². The molecule has 12 heavy (non-hydrogen) atoms. The Labute approximate surface area is 67.8 Å². The molecule has 2 nitrogen and oxygen atoms in total. The predicted molar refractivity (Wildman–Crippen MR) is 36.8 cm³/mol. The molecule has 0 amide bonds. The smallest absolute Gasteiger partial charge is 0.417 e. The molecule has 1 aromatic carbocycles. The van der Waals surface area contributed by atoms with Crippen LogP contribution in [0.25, 0.3) is 0 Å². The first-order chi connectivity index (χ1) is 5.72. The number of rotatable bonds is 3. The van der Waals surface area contributed by atoms with Crippen LogP contribution in [0.15, 0.2) is 18.2 Å². The summed E-state index contributed by atoms with van der Waals surface area (Å²) in [5, 5.41) is 0. The van der Waals surface area contributed by atoms with Gasteiger partial charge in [0.05, 0.1) is 0 Å². The largest absolute Gasteiger partial charge is 0.452 e. The average molecular weight is 171 g/mol. The molecule has 0 saturated carbocycles. The molecule has 0 N–H and O–H groups in total. The van der Waals surface area contributed by atoms with Crippen molar-refractivity contribution in [3.63, 3.8) is 0 Å². The summed E-state index contributed by atoms with van der Waals surface area (Å²) in [7, 11) is 0. The molecule has 0 saturated heterocycles. The van der Waals surface area contributed by atoms with E-state index in [1.54, 1.807) is 0 Å². The van der Waals surface area contributed by atoms with E-state index in [0.29, 0.717) is 0 Å². The lowest BCUT2D eigenvalue weighted by Gasteiger charge is -1.98. The summed E-state index contributed by atoms with van der Waals surface area (Å²) in [6.07, 6.45) is 0. The fraction of sp³-hybridized carbons (Fsp3) is 0.125. The van der Waals surface area contributed by atoms with Gasteiger partial charge >= 0.3 is 6.47 Å². The molecule has 1 rings (SSSR count). The molecule has 0 spiro atoms. The highest BCUT2D eigenvalue weighted by Crippen LogP contribution is 2.08. The lowest BCUT2D eigenvalue weighted by Crippen LogP contribution is -1.92. The van der Waals surface area contributed by atoms with Crippen molar-refractivity contribution in [3.8, 4) is 0 Å². The second-order valence-corrected chi connectivity index (χ2v) is 2.15. The zero-order valence-corrected chi connectivity index (χ0v) is 6.01. The lowest BCUT2D eigenvalue weighted by molar-refractivity contribution is 0.266. The summed E-state index contributed by atoms with van der Waals surface area (Å²) < 4.78 is 29.1. The van der Waals surface area contributed by atoms with Crippen LogP contribution in [-0.2, 0) is 16.1 Å². The summed E-state index contributed by atoms with van der Waals surface area (Å²) in [4.78, 5) is 9.61.